The number of carbonyl (C=O) groups is 1. The van der Waals surface area contributed by atoms with Gasteiger partial charge in [-0.1, -0.05) is 11.6 Å². The van der Waals surface area contributed by atoms with Gasteiger partial charge in [0.15, 0.2) is 11.7 Å². The molecule has 5 N–H and O–H groups in total. The highest BCUT2D eigenvalue weighted by Crippen LogP contribution is 2.27. The van der Waals surface area contributed by atoms with Crippen LogP contribution in [0.1, 0.15) is 21.5 Å². The minimum absolute atomic E-state index is 0.108. The molecule has 0 spiro atoms. The molecular weight excluding hydrogens is 411 g/mol. The number of halogens is 2. The van der Waals surface area contributed by atoms with E-state index in [1.54, 1.807) is 25.2 Å². The van der Waals surface area contributed by atoms with Gasteiger partial charge in [0.05, 0.1) is 34.9 Å². The van der Waals surface area contributed by atoms with E-state index in [0.29, 0.717) is 21.8 Å². The van der Waals surface area contributed by atoms with E-state index in [1.165, 1.54) is 25.5 Å². The number of nitrogens with one attached hydrogen (secondary N) is 1. The molecule has 3 rings (SSSR count). The van der Waals surface area contributed by atoms with Crippen molar-refractivity contribution in [3.05, 3.63) is 70.5 Å². The number of hydrazone groups is 1. The standard InChI is InChI=1S/C19H18ClFN8O/c1-10-13(6-24-7-15(10)21)19(30)27-17-9-25-16(8-26-17)12-5-11(3-4-14(12)20)18(22)28-29(2)23/h3-9H,23H2,1-2H3,(H2,22,28)(H,26,27,30). The molecule has 2 aromatic heterocycles. The van der Waals surface area contributed by atoms with Gasteiger partial charge in [-0.15, -0.1) is 5.10 Å². The third-order valence-corrected chi connectivity index (χ3v) is 4.42. The van der Waals surface area contributed by atoms with Crippen LogP contribution in [0.3, 0.4) is 0 Å². The van der Waals surface area contributed by atoms with Crippen LogP contribution in [-0.2, 0) is 0 Å². The molecule has 0 saturated carbocycles. The first-order chi connectivity index (χ1) is 14.3. The predicted molar refractivity (Wildman–Crippen MR) is 112 cm³/mol. The van der Waals surface area contributed by atoms with Gasteiger partial charge >= 0.3 is 0 Å². The van der Waals surface area contributed by atoms with Crippen molar-refractivity contribution < 1.29 is 9.18 Å². The number of amides is 1. The zero-order chi connectivity index (χ0) is 21.8. The number of nitrogens with zero attached hydrogens (tertiary/aromatic N) is 5. The van der Waals surface area contributed by atoms with Crippen LogP contribution in [0, 0.1) is 12.7 Å². The second-order valence-corrected chi connectivity index (χ2v) is 6.70. The number of hydrazine groups is 1. The third kappa shape index (κ3) is 4.67. The minimum atomic E-state index is -0.567. The predicted octanol–water partition coefficient (Wildman–Crippen LogP) is 2.32. The first kappa shape index (κ1) is 21.1. The molecule has 0 atom stereocenters. The van der Waals surface area contributed by atoms with Gasteiger partial charge in [0, 0.05) is 29.9 Å². The zero-order valence-electron chi connectivity index (χ0n) is 16.1. The lowest BCUT2D eigenvalue weighted by Gasteiger charge is -2.10. The average Bonchev–Trinajstić information content (AvgIpc) is 2.70. The Morgan fingerprint density at radius 1 is 1.23 bits per heavy atom. The van der Waals surface area contributed by atoms with Crippen LogP contribution in [0.4, 0.5) is 10.2 Å². The summed E-state index contributed by atoms with van der Waals surface area (Å²) >= 11 is 6.28. The smallest absolute Gasteiger partial charge is 0.258 e. The van der Waals surface area contributed by atoms with Crippen LogP contribution < -0.4 is 16.9 Å². The zero-order valence-corrected chi connectivity index (χ0v) is 16.9. The molecule has 1 aromatic carbocycles. The SMILES string of the molecule is Cc1c(F)cncc1C(=O)Nc1cnc(-c2cc(/C(N)=N/N(C)N)ccc2Cl)cn1. The molecule has 0 unspecified atom stereocenters. The number of benzene rings is 1. The molecule has 2 heterocycles. The molecule has 0 aliphatic carbocycles. The average molecular weight is 429 g/mol. The Kier molecular flexibility index (Phi) is 6.19. The van der Waals surface area contributed by atoms with Crippen LogP contribution in [0.15, 0.2) is 48.1 Å². The molecule has 0 aliphatic heterocycles. The van der Waals surface area contributed by atoms with E-state index >= 15 is 0 Å². The lowest BCUT2D eigenvalue weighted by atomic mass is 10.1. The molecule has 30 heavy (non-hydrogen) atoms. The molecular formula is C19H18ClFN8O. The number of rotatable bonds is 5. The highest BCUT2D eigenvalue weighted by atomic mass is 35.5. The number of nitrogens with two attached hydrogens (primary N) is 2. The van der Waals surface area contributed by atoms with Gasteiger partial charge in [-0.3, -0.25) is 14.8 Å². The number of pyridine rings is 1. The highest BCUT2D eigenvalue weighted by Gasteiger charge is 2.14. The Bertz CT molecular complexity index is 1120. The second-order valence-electron chi connectivity index (χ2n) is 6.29. The van der Waals surface area contributed by atoms with Crippen LogP contribution in [0.25, 0.3) is 11.3 Å². The van der Waals surface area contributed by atoms with Crippen LogP contribution in [0.2, 0.25) is 5.02 Å². The largest absolute Gasteiger partial charge is 0.382 e. The summed E-state index contributed by atoms with van der Waals surface area (Å²) in [5.74, 6) is 4.76. The fraction of sp³-hybridized carbons (Fsp3) is 0.105. The van der Waals surface area contributed by atoms with Crippen molar-refractivity contribution in [3.8, 4) is 11.3 Å². The molecule has 0 fully saturated rings. The summed E-state index contributed by atoms with van der Waals surface area (Å²) < 4.78 is 13.6. The third-order valence-electron chi connectivity index (χ3n) is 4.10. The monoisotopic (exact) mass is 428 g/mol. The fourth-order valence-corrected chi connectivity index (χ4v) is 2.77. The molecule has 1 amide bonds. The number of hydrogen-bond donors (Lipinski definition) is 3. The van der Waals surface area contributed by atoms with Gasteiger partial charge in [0.25, 0.3) is 5.91 Å². The van der Waals surface area contributed by atoms with Gasteiger partial charge < -0.3 is 11.1 Å². The summed E-state index contributed by atoms with van der Waals surface area (Å²) in [7, 11) is 1.55. The van der Waals surface area contributed by atoms with Gasteiger partial charge in [-0.05, 0) is 25.1 Å². The van der Waals surface area contributed by atoms with E-state index in [1.807, 2.05) is 0 Å². The quantitative estimate of drug-likeness (QED) is 0.245. The summed E-state index contributed by atoms with van der Waals surface area (Å²) in [5, 5.41) is 8.03. The second kappa shape index (κ2) is 8.80. The van der Waals surface area contributed by atoms with Crippen LogP contribution in [0.5, 0.6) is 0 Å². The topological polar surface area (TPSA) is 135 Å². The van der Waals surface area contributed by atoms with Crippen molar-refractivity contribution in [1.29, 1.82) is 0 Å². The fourth-order valence-electron chi connectivity index (χ4n) is 2.55. The number of amidine groups is 1. The van der Waals surface area contributed by atoms with E-state index in [2.05, 4.69) is 25.4 Å². The van der Waals surface area contributed by atoms with Gasteiger partial charge in [-0.2, -0.15) is 0 Å². The van der Waals surface area contributed by atoms with Gasteiger partial charge in [0.2, 0.25) is 0 Å². The summed E-state index contributed by atoms with van der Waals surface area (Å²) in [6.45, 7) is 1.49. The molecule has 0 bridgehead atoms. The van der Waals surface area contributed by atoms with Crippen LogP contribution >= 0.6 is 11.6 Å². The molecule has 11 heteroatoms. The Morgan fingerprint density at radius 2 is 2.00 bits per heavy atom. The lowest BCUT2D eigenvalue weighted by molar-refractivity contribution is 0.102. The van der Waals surface area contributed by atoms with Crippen molar-refractivity contribution in [1.82, 2.24) is 20.1 Å². The number of carbonyl (C=O) groups excluding carboxylic acids is 1. The molecule has 154 valence electrons. The molecule has 0 radical (unpaired) electrons. The van der Waals surface area contributed by atoms with Crippen LogP contribution in [-0.4, -0.2) is 38.9 Å². The maximum Gasteiger partial charge on any atom is 0.258 e. The summed E-state index contributed by atoms with van der Waals surface area (Å²) in [6, 6.07) is 5.06. The van der Waals surface area contributed by atoms with Gasteiger partial charge in [0.1, 0.15) is 5.82 Å². The minimum Gasteiger partial charge on any atom is -0.382 e. The van der Waals surface area contributed by atoms with Crippen molar-refractivity contribution in [2.75, 3.05) is 12.4 Å². The maximum atomic E-state index is 13.6. The normalized spacial score (nSPS) is 11.3. The van der Waals surface area contributed by atoms with Crippen molar-refractivity contribution in [3.63, 3.8) is 0 Å². The Balaban J connectivity index is 1.84. The van der Waals surface area contributed by atoms with E-state index in [9.17, 15) is 9.18 Å². The summed E-state index contributed by atoms with van der Waals surface area (Å²) in [5.41, 5.74) is 7.85. The van der Waals surface area contributed by atoms with E-state index < -0.39 is 11.7 Å². The first-order valence-electron chi connectivity index (χ1n) is 8.62. The lowest BCUT2D eigenvalue weighted by Crippen LogP contribution is -2.25. The van der Waals surface area contributed by atoms with Crippen molar-refractivity contribution in [2.24, 2.45) is 16.7 Å². The molecule has 3 aromatic rings. The Labute approximate surface area is 176 Å². The van der Waals surface area contributed by atoms with E-state index in [0.717, 1.165) is 11.3 Å². The van der Waals surface area contributed by atoms with E-state index in [-0.39, 0.29) is 22.8 Å². The summed E-state index contributed by atoms with van der Waals surface area (Å²) in [4.78, 5) is 24.5. The Hall–Kier alpha value is -3.63. The van der Waals surface area contributed by atoms with E-state index in [4.69, 9.17) is 23.2 Å². The molecule has 9 nitrogen and oxygen atoms in total. The van der Waals surface area contributed by atoms with Crippen molar-refractivity contribution >= 4 is 29.2 Å². The molecule has 0 aliphatic rings. The first-order valence-corrected chi connectivity index (χ1v) is 9.00. The van der Waals surface area contributed by atoms with Crippen molar-refractivity contribution in [2.45, 2.75) is 6.92 Å². The highest BCUT2D eigenvalue weighted by molar-refractivity contribution is 6.33. The maximum absolute atomic E-state index is 13.6. The van der Waals surface area contributed by atoms with Gasteiger partial charge in [-0.25, -0.2) is 20.3 Å². The number of hydrogen-bond acceptors (Lipinski definition) is 7. The molecule has 0 saturated heterocycles. The Morgan fingerprint density at radius 3 is 2.67 bits per heavy atom. The number of aromatic nitrogens is 3. The summed E-state index contributed by atoms with van der Waals surface area (Å²) in [6.07, 6.45) is 5.14. The number of anilines is 1.